The molecule has 3 aromatic heterocycles. The van der Waals surface area contributed by atoms with Gasteiger partial charge in [-0.1, -0.05) is 30.3 Å². The van der Waals surface area contributed by atoms with Crippen LogP contribution < -0.4 is 10.6 Å². The van der Waals surface area contributed by atoms with Crippen molar-refractivity contribution in [1.82, 2.24) is 24.5 Å². The zero-order valence-corrected chi connectivity index (χ0v) is 21.6. The maximum Gasteiger partial charge on any atom is 0.416 e. The summed E-state index contributed by atoms with van der Waals surface area (Å²) in [7, 11) is 0. The quantitative estimate of drug-likeness (QED) is 0.196. The molecule has 0 spiro atoms. The van der Waals surface area contributed by atoms with Crippen molar-refractivity contribution in [2.75, 3.05) is 17.2 Å². The number of aromatic nitrogens is 5. The molecule has 0 aliphatic heterocycles. The van der Waals surface area contributed by atoms with Gasteiger partial charge in [-0.15, -0.1) is 0 Å². The standard InChI is InChI=1S/C30H24F3N7O/c31-30(32,33)22-7-3-20(4-8-22)17-40-18-36-26-27(35-15-13-19-5-10-24(41)11-6-19)38-29(39-28(26)40)37-23-9-12-25-21(16-23)2-1-14-34-25/h1-12,14,16,18,41H,13,15,17H2,(H2,35,37,38,39). The minimum Gasteiger partial charge on any atom is -0.508 e. The van der Waals surface area contributed by atoms with E-state index in [-0.39, 0.29) is 12.3 Å². The van der Waals surface area contributed by atoms with Crippen LogP contribution >= 0.6 is 0 Å². The average molecular weight is 556 g/mol. The van der Waals surface area contributed by atoms with Gasteiger partial charge < -0.3 is 20.3 Å². The number of nitrogens with zero attached hydrogens (tertiary/aromatic N) is 5. The maximum absolute atomic E-state index is 13.0. The third-order valence-electron chi connectivity index (χ3n) is 6.60. The largest absolute Gasteiger partial charge is 0.508 e. The first-order valence-corrected chi connectivity index (χ1v) is 12.8. The Morgan fingerprint density at radius 2 is 1.63 bits per heavy atom. The van der Waals surface area contributed by atoms with E-state index in [1.165, 1.54) is 12.1 Å². The smallest absolute Gasteiger partial charge is 0.416 e. The highest BCUT2D eigenvalue weighted by Gasteiger charge is 2.30. The van der Waals surface area contributed by atoms with Crippen molar-refractivity contribution in [3.8, 4) is 5.75 Å². The van der Waals surface area contributed by atoms with Gasteiger partial charge in [-0.05, 0) is 66.1 Å². The van der Waals surface area contributed by atoms with Crippen LogP contribution in [0.4, 0.5) is 30.6 Å². The molecule has 0 saturated heterocycles. The van der Waals surface area contributed by atoms with E-state index in [9.17, 15) is 18.3 Å². The van der Waals surface area contributed by atoms with Crippen LogP contribution in [-0.2, 0) is 19.1 Å². The number of hydrogen-bond donors (Lipinski definition) is 3. The molecule has 0 aliphatic carbocycles. The Hall–Kier alpha value is -5.19. The number of nitrogens with one attached hydrogen (secondary N) is 2. The number of alkyl halides is 3. The molecule has 0 amide bonds. The minimum atomic E-state index is -4.40. The van der Waals surface area contributed by atoms with Gasteiger partial charge in [-0.2, -0.15) is 23.1 Å². The number of anilines is 3. The third-order valence-corrected chi connectivity index (χ3v) is 6.60. The molecule has 41 heavy (non-hydrogen) atoms. The lowest BCUT2D eigenvalue weighted by atomic mass is 10.1. The van der Waals surface area contributed by atoms with Gasteiger partial charge in [-0.3, -0.25) is 4.98 Å². The van der Waals surface area contributed by atoms with E-state index in [0.717, 1.165) is 34.3 Å². The summed E-state index contributed by atoms with van der Waals surface area (Å²) in [5.74, 6) is 1.06. The van der Waals surface area contributed by atoms with Crippen LogP contribution in [0.25, 0.3) is 22.1 Å². The summed E-state index contributed by atoms with van der Waals surface area (Å²) >= 11 is 0. The first-order chi connectivity index (χ1) is 19.8. The molecule has 6 rings (SSSR count). The Morgan fingerprint density at radius 3 is 2.41 bits per heavy atom. The van der Waals surface area contributed by atoms with E-state index in [0.29, 0.717) is 41.5 Å². The molecule has 0 unspecified atom stereocenters. The summed E-state index contributed by atoms with van der Waals surface area (Å²) in [6, 6.07) is 21.6. The second-order valence-corrected chi connectivity index (χ2v) is 9.51. The molecule has 8 nitrogen and oxygen atoms in total. The number of rotatable bonds is 8. The highest BCUT2D eigenvalue weighted by Crippen LogP contribution is 2.30. The summed E-state index contributed by atoms with van der Waals surface area (Å²) in [6.07, 6.45) is -0.375. The molecule has 206 valence electrons. The summed E-state index contributed by atoms with van der Waals surface area (Å²) in [6.45, 7) is 0.823. The van der Waals surface area contributed by atoms with Gasteiger partial charge in [0.05, 0.1) is 24.0 Å². The highest BCUT2D eigenvalue weighted by atomic mass is 19.4. The van der Waals surface area contributed by atoms with Crippen LogP contribution in [0.5, 0.6) is 5.75 Å². The van der Waals surface area contributed by atoms with Gasteiger partial charge in [0.1, 0.15) is 5.75 Å². The first-order valence-electron chi connectivity index (χ1n) is 12.8. The molecule has 11 heteroatoms. The Kier molecular flexibility index (Phi) is 6.84. The van der Waals surface area contributed by atoms with Crippen LogP contribution in [0.15, 0.2) is 91.4 Å². The van der Waals surface area contributed by atoms with Crippen molar-refractivity contribution in [1.29, 1.82) is 0 Å². The van der Waals surface area contributed by atoms with Crippen LogP contribution in [0.3, 0.4) is 0 Å². The first kappa shape index (κ1) is 26.1. The highest BCUT2D eigenvalue weighted by molar-refractivity contribution is 5.86. The van der Waals surface area contributed by atoms with Gasteiger partial charge in [0.25, 0.3) is 0 Å². The molecule has 0 aliphatic rings. The number of phenols is 1. The molecular weight excluding hydrogens is 531 g/mol. The maximum atomic E-state index is 13.0. The number of halogens is 3. The Balaban J connectivity index is 1.31. The molecule has 3 heterocycles. The number of pyridine rings is 1. The van der Waals surface area contributed by atoms with E-state index in [1.54, 1.807) is 29.2 Å². The number of hydrogen-bond acceptors (Lipinski definition) is 7. The molecule has 0 bridgehead atoms. The molecule has 0 saturated carbocycles. The zero-order valence-electron chi connectivity index (χ0n) is 21.6. The van der Waals surface area contributed by atoms with E-state index in [1.807, 2.05) is 42.5 Å². The number of benzene rings is 3. The lowest BCUT2D eigenvalue weighted by Crippen LogP contribution is -2.10. The van der Waals surface area contributed by atoms with Crippen LogP contribution in [0, 0.1) is 0 Å². The third kappa shape index (κ3) is 5.88. The van der Waals surface area contributed by atoms with E-state index in [4.69, 9.17) is 9.97 Å². The van der Waals surface area contributed by atoms with Crippen LogP contribution in [0.2, 0.25) is 0 Å². The SMILES string of the molecule is Oc1ccc(CCNc2nc(Nc3ccc4ncccc4c3)nc3c2ncn3Cc2ccc(C(F)(F)F)cc2)cc1. The number of phenolic OH excluding ortho intramolecular Hbond substituents is 1. The van der Waals surface area contributed by atoms with Gasteiger partial charge in [0.2, 0.25) is 5.95 Å². The lowest BCUT2D eigenvalue weighted by Gasteiger charge is -2.12. The van der Waals surface area contributed by atoms with Crippen molar-refractivity contribution in [3.05, 3.63) is 108 Å². The molecule has 3 aromatic carbocycles. The average Bonchev–Trinajstić information content (AvgIpc) is 3.36. The monoisotopic (exact) mass is 555 g/mol. The van der Waals surface area contributed by atoms with Gasteiger partial charge in [0.15, 0.2) is 17.0 Å². The Labute approximate surface area is 232 Å². The van der Waals surface area contributed by atoms with Crippen molar-refractivity contribution in [2.45, 2.75) is 19.1 Å². The van der Waals surface area contributed by atoms with E-state index < -0.39 is 11.7 Å². The minimum absolute atomic E-state index is 0.206. The zero-order chi connectivity index (χ0) is 28.4. The van der Waals surface area contributed by atoms with E-state index in [2.05, 4.69) is 20.6 Å². The van der Waals surface area contributed by atoms with Crippen LogP contribution in [0.1, 0.15) is 16.7 Å². The molecule has 0 fully saturated rings. The van der Waals surface area contributed by atoms with Crippen molar-refractivity contribution in [3.63, 3.8) is 0 Å². The number of fused-ring (bicyclic) bond motifs is 2. The van der Waals surface area contributed by atoms with Gasteiger partial charge >= 0.3 is 6.18 Å². The molecule has 0 atom stereocenters. The van der Waals surface area contributed by atoms with Crippen molar-refractivity contribution < 1.29 is 18.3 Å². The van der Waals surface area contributed by atoms with Crippen LogP contribution in [-0.4, -0.2) is 36.2 Å². The summed E-state index contributed by atoms with van der Waals surface area (Å²) in [4.78, 5) is 18.3. The van der Waals surface area contributed by atoms with Crippen molar-refractivity contribution in [2.24, 2.45) is 0 Å². The molecule has 6 aromatic rings. The molecular formula is C30H24F3N7O. The number of aromatic hydroxyl groups is 1. The Morgan fingerprint density at radius 1 is 0.854 bits per heavy atom. The number of imidazole rings is 1. The fraction of sp³-hybridized carbons (Fsp3) is 0.133. The predicted molar refractivity (Wildman–Crippen MR) is 151 cm³/mol. The predicted octanol–water partition coefficient (Wildman–Crippen LogP) is 6.55. The van der Waals surface area contributed by atoms with Crippen molar-refractivity contribution >= 4 is 39.5 Å². The Bertz CT molecular complexity index is 1820. The fourth-order valence-corrected chi connectivity index (χ4v) is 4.51. The molecule has 0 radical (unpaired) electrons. The summed E-state index contributed by atoms with van der Waals surface area (Å²) in [5, 5.41) is 17.1. The van der Waals surface area contributed by atoms with Gasteiger partial charge in [0, 0.05) is 23.8 Å². The normalized spacial score (nSPS) is 11.7. The fourth-order valence-electron chi connectivity index (χ4n) is 4.51. The summed E-state index contributed by atoms with van der Waals surface area (Å²) < 4.78 is 40.9. The molecule has 3 N–H and O–H groups in total. The second kappa shape index (κ2) is 10.8. The lowest BCUT2D eigenvalue weighted by molar-refractivity contribution is -0.137. The van der Waals surface area contributed by atoms with Gasteiger partial charge in [-0.25, -0.2) is 4.98 Å². The summed E-state index contributed by atoms with van der Waals surface area (Å²) in [5.41, 5.74) is 3.71. The second-order valence-electron chi connectivity index (χ2n) is 9.51. The van der Waals surface area contributed by atoms with E-state index >= 15 is 0 Å². The topological polar surface area (TPSA) is 101 Å².